The smallest absolute Gasteiger partial charge is 0.230 e. The standard InChI is InChI=1S/C14H20N2O4/c1-9-4-3-5-11(6-9)16-13(18)7-12(14(19)20)15-8-10(2)17/h3-6,10,12,15,17H,7-8H2,1-2H3,(H,16,18)(H,19,20)/t10-,12+/m1/s1. The van der Waals surface area contributed by atoms with Crippen LogP contribution in [0.3, 0.4) is 0 Å². The quantitative estimate of drug-likeness (QED) is 0.558. The van der Waals surface area contributed by atoms with Crippen molar-refractivity contribution >= 4 is 17.6 Å². The molecule has 0 aliphatic carbocycles. The first kappa shape index (κ1) is 16.1. The number of carbonyl (C=O) groups is 2. The average molecular weight is 280 g/mol. The van der Waals surface area contributed by atoms with Gasteiger partial charge in [-0.3, -0.25) is 4.79 Å². The van der Waals surface area contributed by atoms with Crippen LogP contribution in [0.4, 0.5) is 5.69 Å². The monoisotopic (exact) mass is 280 g/mol. The van der Waals surface area contributed by atoms with Crippen molar-refractivity contribution < 1.29 is 25.1 Å². The summed E-state index contributed by atoms with van der Waals surface area (Å²) in [5.74, 6) is -1.71. The number of aliphatic hydroxyl groups excluding tert-OH is 1. The molecule has 0 unspecified atom stereocenters. The summed E-state index contributed by atoms with van der Waals surface area (Å²) >= 11 is 0. The topological polar surface area (TPSA) is 106 Å². The van der Waals surface area contributed by atoms with Crippen molar-refractivity contribution in [2.24, 2.45) is 0 Å². The largest absolute Gasteiger partial charge is 0.544 e. The maximum Gasteiger partial charge on any atom is 0.230 e. The number of nitrogens with two attached hydrogens (primary N) is 1. The lowest BCUT2D eigenvalue weighted by molar-refractivity contribution is -0.687. The van der Waals surface area contributed by atoms with Crippen molar-refractivity contribution in [1.82, 2.24) is 0 Å². The van der Waals surface area contributed by atoms with Gasteiger partial charge in [0.1, 0.15) is 12.6 Å². The Hall–Kier alpha value is -1.92. The predicted octanol–water partition coefficient (Wildman–Crippen LogP) is -1.61. The number of hydrogen-bond acceptors (Lipinski definition) is 4. The number of amides is 1. The summed E-state index contributed by atoms with van der Waals surface area (Å²) in [7, 11) is 0. The molecular weight excluding hydrogens is 260 g/mol. The number of rotatable bonds is 7. The molecule has 0 radical (unpaired) electrons. The molecule has 0 bridgehead atoms. The van der Waals surface area contributed by atoms with Gasteiger partial charge in [-0.1, -0.05) is 12.1 Å². The van der Waals surface area contributed by atoms with E-state index < -0.39 is 24.0 Å². The van der Waals surface area contributed by atoms with Gasteiger partial charge >= 0.3 is 0 Å². The van der Waals surface area contributed by atoms with Gasteiger partial charge in [-0.15, -0.1) is 0 Å². The van der Waals surface area contributed by atoms with E-state index in [0.717, 1.165) is 5.56 Å². The van der Waals surface area contributed by atoms with E-state index in [2.05, 4.69) is 5.32 Å². The van der Waals surface area contributed by atoms with Gasteiger partial charge in [0, 0.05) is 5.69 Å². The first-order valence-electron chi connectivity index (χ1n) is 6.47. The predicted molar refractivity (Wildman–Crippen MR) is 71.7 cm³/mol. The highest BCUT2D eigenvalue weighted by Crippen LogP contribution is 2.09. The van der Waals surface area contributed by atoms with Crippen LogP contribution in [0.1, 0.15) is 18.9 Å². The van der Waals surface area contributed by atoms with Crippen LogP contribution in [0.2, 0.25) is 0 Å². The molecular formula is C14H20N2O4. The first-order chi connectivity index (χ1) is 9.38. The van der Waals surface area contributed by atoms with Crippen LogP contribution in [-0.2, 0) is 9.59 Å². The molecule has 1 rings (SSSR count). The van der Waals surface area contributed by atoms with Crippen molar-refractivity contribution in [3.8, 4) is 0 Å². The Morgan fingerprint density at radius 2 is 2.15 bits per heavy atom. The summed E-state index contributed by atoms with van der Waals surface area (Å²) in [6.07, 6.45) is -0.847. The molecule has 0 heterocycles. The van der Waals surface area contributed by atoms with Gasteiger partial charge in [-0.05, 0) is 31.5 Å². The third-order valence-corrected chi connectivity index (χ3v) is 2.77. The van der Waals surface area contributed by atoms with Crippen LogP contribution in [0.15, 0.2) is 24.3 Å². The van der Waals surface area contributed by atoms with Gasteiger partial charge in [0.15, 0.2) is 0 Å². The highest BCUT2D eigenvalue weighted by molar-refractivity contribution is 5.93. The normalized spacial score (nSPS) is 13.6. The van der Waals surface area contributed by atoms with Crippen molar-refractivity contribution in [2.75, 3.05) is 11.9 Å². The molecule has 4 N–H and O–H groups in total. The lowest BCUT2D eigenvalue weighted by Crippen LogP contribution is -2.94. The van der Waals surface area contributed by atoms with Crippen LogP contribution in [-0.4, -0.2) is 35.7 Å². The minimum Gasteiger partial charge on any atom is -0.544 e. The Morgan fingerprint density at radius 3 is 2.70 bits per heavy atom. The first-order valence-corrected chi connectivity index (χ1v) is 6.47. The second kappa shape index (κ2) is 7.62. The van der Waals surface area contributed by atoms with Crippen LogP contribution in [0, 0.1) is 6.92 Å². The van der Waals surface area contributed by atoms with E-state index in [0.29, 0.717) is 5.69 Å². The van der Waals surface area contributed by atoms with Gasteiger partial charge in [0.25, 0.3) is 0 Å². The fraction of sp³-hybridized carbons (Fsp3) is 0.429. The number of carboxylic acids is 1. The van der Waals surface area contributed by atoms with E-state index >= 15 is 0 Å². The molecule has 6 nitrogen and oxygen atoms in total. The Labute approximate surface area is 117 Å². The second-order valence-electron chi connectivity index (χ2n) is 4.87. The van der Waals surface area contributed by atoms with E-state index in [1.165, 1.54) is 5.32 Å². The van der Waals surface area contributed by atoms with Gasteiger partial charge < -0.3 is 25.6 Å². The molecule has 20 heavy (non-hydrogen) atoms. The average Bonchev–Trinajstić information content (AvgIpc) is 2.33. The number of nitrogens with one attached hydrogen (secondary N) is 1. The highest BCUT2D eigenvalue weighted by Gasteiger charge is 2.19. The minimum atomic E-state index is -1.31. The number of quaternary nitrogens is 1. The molecule has 1 aromatic rings. The van der Waals surface area contributed by atoms with Crippen LogP contribution < -0.4 is 15.7 Å². The Bertz CT molecular complexity index is 474. The molecule has 0 saturated carbocycles. The second-order valence-corrected chi connectivity index (χ2v) is 4.87. The van der Waals surface area contributed by atoms with Gasteiger partial charge in [-0.2, -0.15) is 0 Å². The van der Waals surface area contributed by atoms with E-state index in [9.17, 15) is 14.7 Å². The number of carboxylic acid groups (broad SMARTS) is 1. The zero-order chi connectivity index (χ0) is 15.1. The van der Waals surface area contributed by atoms with Crippen molar-refractivity contribution in [3.63, 3.8) is 0 Å². The number of benzene rings is 1. The van der Waals surface area contributed by atoms with Gasteiger partial charge in [0.2, 0.25) is 5.91 Å². The van der Waals surface area contributed by atoms with Crippen molar-refractivity contribution in [2.45, 2.75) is 32.4 Å². The number of aryl methyl sites for hydroxylation is 1. The Kier molecular flexibility index (Phi) is 6.14. The number of aliphatic hydroxyl groups is 1. The lowest BCUT2D eigenvalue weighted by Gasteiger charge is -2.17. The molecule has 1 aromatic carbocycles. The molecule has 0 aliphatic heterocycles. The molecule has 2 atom stereocenters. The van der Waals surface area contributed by atoms with Gasteiger partial charge in [0.05, 0.1) is 18.5 Å². The van der Waals surface area contributed by atoms with Crippen LogP contribution in [0.25, 0.3) is 0 Å². The summed E-state index contributed by atoms with van der Waals surface area (Å²) < 4.78 is 0. The Morgan fingerprint density at radius 1 is 1.45 bits per heavy atom. The maximum absolute atomic E-state index is 11.8. The van der Waals surface area contributed by atoms with Crippen LogP contribution >= 0.6 is 0 Å². The zero-order valence-corrected chi connectivity index (χ0v) is 11.6. The Balaban J connectivity index is 2.55. The molecule has 0 aliphatic rings. The molecule has 0 spiro atoms. The maximum atomic E-state index is 11.8. The van der Waals surface area contributed by atoms with E-state index in [1.807, 2.05) is 13.0 Å². The van der Waals surface area contributed by atoms with E-state index in [-0.39, 0.29) is 13.0 Å². The molecule has 6 heteroatoms. The van der Waals surface area contributed by atoms with E-state index in [1.54, 1.807) is 25.1 Å². The van der Waals surface area contributed by atoms with Gasteiger partial charge in [-0.25, -0.2) is 0 Å². The lowest BCUT2D eigenvalue weighted by atomic mass is 10.1. The summed E-state index contributed by atoms with van der Waals surface area (Å²) in [5.41, 5.74) is 1.63. The fourth-order valence-electron chi connectivity index (χ4n) is 1.76. The number of hydrogen-bond donors (Lipinski definition) is 3. The third kappa shape index (κ3) is 5.81. The minimum absolute atomic E-state index is 0.205. The molecule has 110 valence electrons. The molecule has 1 amide bonds. The number of aliphatic carboxylic acids is 1. The molecule has 0 saturated heterocycles. The van der Waals surface area contributed by atoms with E-state index in [4.69, 9.17) is 5.11 Å². The third-order valence-electron chi connectivity index (χ3n) is 2.77. The zero-order valence-electron chi connectivity index (χ0n) is 11.6. The molecule has 0 fully saturated rings. The number of carbonyl (C=O) groups excluding carboxylic acids is 2. The van der Waals surface area contributed by atoms with Crippen molar-refractivity contribution in [3.05, 3.63) is 29.8 Å². The fourth-order valence-corrected chi connectivity index (χ4v) is 1.76. The number of anilines is 1. The highest BCUT2D eigenvalue weighted by atomic mass is 16.4. The summed E-state index contributed by atoms with van der Waals surface area (Å²) in [6, 6.07) is 6.23. The molecule has 0 aromatic heterocycles. The summed E-state index contributed by atoms with van der Waals surface area (Å²) in [5, 5.41) is 24.1. The van der Waals surface area contributed by atoms with Crippen LogP contribution in [0.5, 0.6) is 0 Å². The summed E-state index contributed by atoms with van der Waals surface area (Å²) in [6.45, 7) is 3.65. The SMILES string of the molecule is Cc1cccc(NC(=O)C[C@H]([NH2+]C[C@@H](C)O)C(=O)[O-])c1. The van der Waals surface area contributed by atoms with Crippen molar-refractivity contribution in [1.29, 1.82) is 0 Å². The summed E-state index contributed by atoms with van der Waals surface area (Å²) in [4.78, 5) is 22.7.